The Kier molecular flexibility index (Phi) is 5.87. The van der Waals surface area contributed by atoms with Crippen LogP contribution >= 0.6 is 0 Å². The van der Waals surface area contributed by atoms with E-state index in [9.17, 15) is 0 Å². The van der Waals surface area contributed by atoms with Gasteiger partial charge in [0.1, 0.15) is 0 Å². The van der Waals surface area contributed by atoms with Gasteiger partial charge in [0, 0.05) is 0 Å². The summed E-state index contributed by atoms with van der Waals surface area (Å²) in [5, 5.41) is 9.96. The molecular weight excluding hydrogens is 480 g/mol. The van der Waals surface area contributed by atoms with Crippen LogP contribution in [-0.2, 0) is 0 Å². The predicted molar refractivity (Wildman–Crippen MR) is 176 cm³/mol. The van der Waals surface area contributed by atoms with Gasteiger partial charge in [0.15, 0.2) is 0 Å². The molecular formula is C40H28. The van der Waals surface area contributed by atoms with Crippen LogP contribution in [0.4, 0.5) is 0 Å². The second-order valence-corrected chi connectivity index (χ2v) is 10.2. The standard InChI is InChI=1S/C40H28/c1-3-11-27(4-2)32-22-23-37-38(26-32)40(34-21-19-29-13-6-8-15-31(29)25-34)36-17-10-9-16-35(36)39(37)33-20-18-28-12-5-7-14-30(28)24-33/h3-26H,1-2H2/b27-11+. The lowest BCUT2D eigenvalue weighted by molar-refractivity contribution is 1.65. The molecule has 0 aliphatic rings. The van der Waals surface area contributed by atoms with Crippen molar-refractivity contribution in [3.8, 4) is 22.3 Å². The van der Waals surface area contributed by atoms with E-state index < -0.39 is 0 Å². The van der Waals surface area contributed by atoms with Gasteiger partial charge in [0.05, 0.1) is 0 Å². The first-order valence-electron chi connectivity index (χ1n) is 13.7. The lowest BCUT2D eigenvalue weighted by Crippen LogP contribution is -1.93. The molecule has 0 spiro atoms. The summed E-state index contributed by atoms with van der Waals surface area (Å²) in [4.78, 5) is 0. The van der Waals surface area contributed by atoms with E-state index in [-0.39, 0.29) is 0 Å². The Bertz CT molecular complexity index is 2140. The minimum atomic E-state index is 1.06. The van der Waals surface area contributed by atoms with Gasteiger partial charge < -0.3 is 0 Å². The Morgan fingerprint density at radius 2 is 0.950 bits per heavy atom. The summed E-state index contributed by atoms with van der Waals surface area (Å²) in [7, 11) is 0. The largest absolute Gasteiger partial charge is 0.0990 e. The van der Waals surface area contributed by atoms with Crippen LogP contribution in [-0.4, -0.2) is 0 Å². The molecule has 0 radical (unpaired) electrons. The number of hydrogen-bond donors (Lipinski definition) is 0. The summed E-state index contributed by atoms with van der Waals surface area (Å²) in [5.74, 6) is 0. The van der Waals surface area contributed by atoms with Gasteiger partial charge in [-0.15, -0.1) is 0 Å². The van der Waals surface area contributed by atoms with E-state index >= 15 is 0 Å². The number of hydrogen-bond acceptors (Lipinski definition) is 0. The average Bonchev–Trinajstić information content (AvgIpc) is 3.01. The fourth-order valence-corrected chi connectivity index (χ4v) is 6.08. The molecule has 0 amide bonds. The predicted octanol–water partition coefficient (Wildman–Crippen LogP) is 11.4. The van der Waals surface area contributed by atoms with Gasteiger partial charge >= 0.3 is 0 Å². The van der Waals surface area contributed by atoms with Crippen LogP contribution < -0.4 is 0 Å². The average molecular weight is 509 g/mol. The molecule has 7 aromatic carbocycles. The first-order chi connectivity index (χ1) is 19.7. The molecule has 0 heterocycles. The molecule has 7 rings (SSSR count). The topological polar surface area (TPSA) is 0 Å². The van der Waals surface area contributed by atoms with Gasteiger partial charge in [0.25, 0.3) is 0 Å². The third-order valence-electron chi connectivity index (χ3n) is 7.95. The number of allylic oxidation sites excluding steroid dienone is 4. The molecule has 0 bridgehead atoms. The molecule has 0 saturated heterocycles. The maximum Gasteiger partial charge on any atom is -0.00259 e. The Hall–Kier alpha value is -5.20. The number of rotatable bonds is 5. The van der Waals surface area contributed by atoms with Gasteiger partial charge in [-0.25, -0.2) is 0 Å². The molecule has 0 N–H and O–H groups in total. The van der Waals surface area contributed by atoms with Crippen molar-refractivity contribution in [2.24, 2.45) is 0 Å². The molecule has 188 valence electrons. The van der Waals surface area contributed by atoms with Crippen LogP contribution in [0.3, 0.4) is 0 Å². The highest BCUT2D eigenvalue weighted by atomic mass is 14.2. The smallest absolute Gasteiger partial charge is 0.00259 e. The minimum absolute atomic E-state index is 1.06. The fourth-order valence-electron chi connectivity index (χ4n) is 6.08. The van der Waals surface area contributed by atoms with Crippen molar-refractivity contribution in [2.45, 2.75) is 0 Å². The summed E-state index contributed by atoms with van der Waals surface area (Å²) in [6.07, 6.45) is 5.76. The van der Waals surface area contributed by atoms with E-state index in [0.29, 0.717) is 0 Å². The van der Waals surface area contributed by atoms with E-state index in [4.69, 9.17) is 0 Å². The van der Waals surface area contributed by atoms with Crippen LogP contribution in [0.25, 0.3) is 70.9 Å². The maximum absolute atomic E-state index is 4.08. The van der Waals surface area contributed by atoms with E-state index in [1.807, 2.05) is 18.2 Å². The highest BCUT2D eigenvalue weighted by molar-refractivity contribution is 6.22. The fraction of sp³-hybridized carbons (Fsp3) is 0. The Morgan fingerprint density at radius 3 is 1.50 bits per heavy atom. The Labute approximate surface area is 234 Å². The van der Waals surface area contributed by atoms with Crippen molar-refractivity contribution < 1.29 is 0 Å². The summed E-state index contributed by atoms with van der Waals surface area (Å²) >= 11 is 0. The molecule has 0 aliphatic carbocycles. The monoisotopic (exact) mass is 508 g/mol. The van der Waals surface area contributed by atoms with E-state index in [1.54, 1.807) is 0 Å². The highest BCUT2D eigenvalue weighted by Gasteiger charge is 2.18. The molecule has 0 saturated carbocycles. The maximum atomic E-state index is 4.08. The molecule has 40 heavy (non-hydrogen) atoms. The second-order valence-electron chi connectivity index (χ2n) is 10.2. The quantitative estimate of drug-likeness (QED) is 0.160. The summed E-state index contributed by atoms with van der Waals surface area (Å²) in [6, 6.07) is 46.5. The third-order valence-corrected chi connectivity index (χ3v) is 7.95. The zero-order chi connectivity index (χ0) is 27.1. The van der Waals surface area contributed by atoms with E-state index in [2.05, 4.69) is 141 Å². The van der Waals surface area contributed by atoms with Crippen LogP contribution in [0.5, 0.6) is 0 Å². The Morgan fingerprint density at radius 1 is 0.450 bits per heavy atom. The van der Waals surface area contributed by atoms with Crippen LogP contribution in [0.15, 0.2) is 159 Å². The zero-order valence-electron chi connectivity index (χ0n) is 22.3. The first kappa shape index (κ1) is 23.9. The van der Waals surface area contributed by atoms with Crippen LogP contribution in [0.1, 0.15) is 5.56 Å². The molecule has 0 heteroatoms. The van der Waals surface area contributed by atoms with Gasteiger partial charge in [-0.05, 0) is 94.7 Å². The molecule has 0 atom stereocenters. The van der Waals surface area contributed by atoms with Crippen molar-refractivity contribution >= 4 is 48.7 Å². The van der Waals surface area contributed by atoms with Gasteiger partial charge in [0.2, 0.25) is 0 Å². The van der Waals surface area contributed by atoms with Crippen LogP contribution in [0.2, 0.25) is 0 Å². The molecule has 0 fully saturated rings. The summed E-state index contributed by atoms with van der Waals surface area (Å²) < 4.78 is 0. The van der Waals surface area contributed by atoms with Crippen LogP contribution in [0, 0.1) is 0 Å². The lowest BCUT2D eigenvalue weighted by atomic mass is 9.84. The Balaban J connectivity index is 1.63. The van der Waals surface area contributed by atoms with Crippen molar-refractivity contribution in [2.75, 3.05) is 0 Å². The molecule has 0 aromatic heterocycles. The number of benzene rings is 7. The molecule has 0 nitrogen and oxygen atoms in total. The molecule has 0 unspecified atom stereocenters. The van der Waals surface area contributed by atoms with Crippen molar-refractivity contribution in [3.63, 3.8) is 0 Å². The van der Waals surface area contributed by atoms with Crippen molar-refractivity contribution in [1.29, 1.82) is 0 Å². The van der Waals surface area contributed by atoms with E-state index in [1.165, 1.54) is 65.3 Å². The highest BCUT2D eigenvalue weighted by Crippen LogP contribution is 2.45. The summed E-state index contributed by atoms with van der Waals surface area (Å²) in [6.45, 7) is 8.00. The third kappa shape index (κ3) is 3.94. The van der Waals surface area contributed by atoms with Gasteiger partial charge in [-0.1, -0.05) is 141 Å². The van der Waals surface area contributed by atoms with Gasteiger partial charge in [-0.2, -0.15) is 0 Å². The normalized spacial score (nSPS) is 11.8. The SMILES string of the molecule is C=C/C=C(\C=C)c1ccc2c(-c3ccc4ccccc4c3)c3ccccc3c(-c3ccc4ccccc4c3)c2c1. The molecule has 7 aromatic rings. The van der Waals surface area contributed by atoms with Gasteiger partial charge in [-0.3, -0.25) is 0 Å². The summed E-state index contributed by atoms with van der Waals surface area (Å²) in [5.41, 5.74) is 7.15. The van der Waals surface area contributed by atoms with E-state index in [0.717, 1.165) is 11.1 Å². The lowest BCUT2D eigenvalue weighted by Gasteiger charge is -2.19. The zero-order valence-corrected chi connectivity index (χ0v) is 22.3. The second kappa shape index (κ2) is 9.84. The number of fused-ring (bicyclic) bond motifs is 4. The van der Waals surface area contributed by atoms with Crippen molar-refractivity contribution in [3.05, 3.63) is 164 Å². The molecule has 0 aliphatic heterocycles. The van der Waals surface area contributed by atoms with Crippen molar-refractivity contribution in [1.82, 2.24) is 0 Å². The first-order valence-corrected chi connectivity index (χ1v) is 13.7. The minimum Gasteiger partial charge on any atom is -0.0990 e.